The van der Waals surface area contributed by atoms with Crippen molar-refractivity contribution in [1.29, 1.82) is 0 Å². The minimum Gasteiger partial charge on any atom is -0.395 e. The monoisotopic (exact) mass is 196 g/mol. The lowest BCUT2D eigenvalue weighted by Gasteiger charge is -2.31. The van der Waals surface area contributed by atoms with Gasteiger partial charge in [-0.15, -0.1) is 0 Å². The number of hydrogen-bond donors (Lipinski definition) is 1. The predicted octanol–water partition coefficient (Wildman–Crippen LogP) is -0.0927. The third-order valence-corrected chi connectivity index (χ3v) is 2.78. The van der Waals surface area contributed by atoms with Crippen molar-refractivity contribution in [3.8, 4) is 0 Å². The number of aliphatic hydroxyl groups excluding tert-OH is 1. The molecule has 1 saturated heterocycles. The van der Waals surface area contributed by atoms with E-state index in [9.17, 15) is 0 Å². The van der Waals surface area contributed by atoms with Crippen LogP contribution in [0, 0.1) is 0 Å². The van der Waals surface area contributed by atoms with Gasteiger partial charge in [0.05, 0.1) is 12.6 Å². The molecule has 5 heteroatoms. The van der Waals surface area contributed by atoms with E-state index in [1.807, 2.05) is 4.68 Å². The van der Waals surface area contributed by atoms with Crippen molar-refractivity contribution in [2.24, 2.45) is 0 Å². The molecule has 1 N–H and O–H groups in total. The molecule has 1 aromatic rings. The molecular formula is C9H16N4O. The highest BCUT2D eigenvalue weighted by molar-refractivity contribution is 4.76. The van der Waals surface area contributed by atoms with Gasteiger partial charge >= 0.3 is 0 Å². The molecule has 0 atom stereocenters. The van der Waals surface area contributed by atoms with E-state index in [2.05, 4.69) is 15.0 Å². The van der Waals surface area contributed by atoms with Crippen LogP contribution in [0.1, 0.15) is 18.9 Å². The second-order valence-electron chi connectivity index (χ2n) is 3.67. The van der Waals surface area contributed by atoms with E-state index in [1.54, 1.807) is 12.7 Å². The molecule has 14 heavy (non-hydrogen) atoms. The smallest absolute Gasteiger partial charge is 0.137 e. The molecule has 0 aromatic carbocycles. The summed E-state index contributed by atoms with van der Waals surface area (Å²) >= 11 is 0. The minimum absolute atomic E-state index is 0.258. The third kappa shape index (κ3) is 2.10. The molecule has 0 aliphatic carbocycles. The maximum atomic E-state index is 8.80. The van der Waals surface area contributed by atoms with Crippen molar-refractivity contribution in [3.05, 3.63) is 12.7 Å². The quantitative estimate of drug-likeness (QED) is 0.734. The summed E-state index contributed by atoms with van der Waals surface area (Å²) in [4.78, 5) is 6.24. The average Bonchev–Trinajstić information content (AvgIpc) is 2.72. The van der Waals surface area contributed by atoms with Crippen molar-refractivity contribution >= 4 is 0 Å². The first-order valence-corrected chi connectivity index (χ1v) is 5.07. The molecule has 1 aliphatic heterocycles. The van der Waals surface area contributed by atoms with Crippen molar-refractivity contribution in [3.63, 3.8) is 0 Å². The van der Waals surface area contributed by atoms with Gasteiger partial charge in [0.2, 0.25) is 0 Å². The Morgan fingerprint density at radius 1 is 1.36 bits per heavy atom. The highest BCUT2D eigenvalue weighted by Gasteiger charge is 2.20. The van der Waals surface area contributed by atoms with E-state index in [0.29, 0.717) is 6.04 Å². The molecule has 2 rings (SSSR count). The van der Waals surface area contributed by atoms with Gasteiger partial charge in [0, 0.05) is 19.6 Å². The number of piperidine rings is 1. The Balaban J connectivity index is 1.84. The Bertz CT molecular complexity index is 254. The summed E-state index contributed by atoms with van der Waals surface area (Å²) < 4.78 is 1.94. The first-order chi connectivity index (χ1) is 6.90. The van der Waals surface area contributed by atoms with E-state index in [4.69, 9.17) is 5.11 Å². The normalized spacial score (nSPS) is 20.1. The zero-order valence-corrected chi connectivity index (χ0v) is 8.21. The second kappa shape index (κ2) is 4.52. The molecule has 1 fully saturated rings. The molecule has 1 aromatic heterocycles. The van der Waals surface area contributed by atoms with Gasteiger partial charge in [-0.25, -0.2) is 9.67 Å². The van der Waals surface area contributed by atoms with E-state index >= 15 is 0 Å². The lowest BCUT2D eigenvalue weighted by Crippen LogP contribution is -2.36. The predicted molar refractivity (Wildman–Crippen MR) is 51.8 cm³/mol. The third-order valence-electron chi connectivity index (χ3n) is 2.78. The van der Waals surface area contributed by atoms with Gasteiger partial charge in [-0.3, -0.25) is 0 Å². The van der Waals surface area contributed by atoms with Crippen molar-refractivity contribution in [2.45, 2.75) is 18.9 Å². The van der Waals surface area contributed by atoms with E-state index < -0.39 is 0 Å². The molecule has 0 unspecified atom stereocenters. The molecular weight excluding hydrogens is 180 g/mol. The molecule has 0 bridgehead atoms. The Morgan fingerprint density at radius 2 is 2.14 bits per heavy atom. The van der Waals surface area contributed by atoms with Crippen LogP contribution in [0.3, 0.4) is 0 Å². The van der Waals surface area contributed by atoms with Gasteiger partial charge in [0.25, 0.3) is 0 Å². The summed E-state index contributed by atoms with van der Waals surface area (Å²) in [5, 5.41) is 12.9. The number of β-amino-alcohol motifs (C(OH)–C–C–N with tert-alkyl or cyclic N) is 1. The zero-order valence-electron chi connectivity index (χ0n) is 8.21. The van der Waals surface area contributed by atoms with Gasteiger partial charge in [-0.05, 0) is 12.8 Å². The summed E-state index contributed by atoms with van der Waals surface area (Å²) in [5.74, 6) is 0. The Hall–Kier alpha value is -0.940. The van der Waals surface area contributed by atoms with Crippen molar-refractivity contribution in [2.75, 3.05) is 26.2 Å². The van der Waals surface area contributed by atoms with Crippen LogP contribution in [0.15, 0.2) is 12.7 Å². The minimum atomic E-state index is 0.258. The van der Waals surface area contributed by atoms with E-state index in [1.165, 1.54) is 0 Å². The molecule has 1 aliphatic rings. The van der Waals surface area contributed by atoms with Gasteiger partial charge in [-0.1, -0.05) is 0 Å². The standard InChI is InChI=1S/C9H16N4O/c14-6-5-12-3-1-9(2-4-12)13-8-10-7-11-13/h7-9,14H,1-6H2. The molecule has 0 amide bonds. The highest BCUT2D eigenvalue weighted by Crippen LogP contribution is 2.20. The zero-order chi connectivity index (χ0) is 9.80. The second-order valence-corrected chi connectivity index (χ2v) is 3.67. The molecule has 5 nitrogen and oxygen atoms in total. The Morgan fingerprint density at radius 3 is 2.71 bits per heavy atom. The fraction of sp³-hybridized carbons (Fsp3) is 0.778. The molecule has 2 heterocycles. The molecule has 0 saturated carbocycles. The van der Waals surface area contributed by atoms with Crippen LogP contribution in [0.4, 0.5) is 0 Å². The van der Waals surface area contributed by atoms with E-state index in [0.717, 1.165) is 32.5 Å². The number of aliphatic hydroxyl groups is 1. The van der Waals surface area contributed by atoms with Crippen LogP contribution in [0.25, 0.3) is 0 Å². The first-order valence-electron chi connectivity index (χ1n) is 5.07. The van der Waals surface area contributed by atoms with E-state index in [-0.39, 0.29) is 6.61 Å². The van der Waals surface area contributed by atoms with Gasteiger partial charge < -0.3 is 10.0 Å². The van der Waals surface area contributed by atoms with Crippen molar-refractivity contribution < 1.29 is 5.11 Å². The van der Waals surface area contributed by atoms with Gasteiger partial charge in [0.15, 0.2) is 0 Å². The van der Waals surface area contributed by atoms with Crippen molar-refractivity contribution in [1.82, 2.24) is 19.7 Å². The van der Waals surface area contributed by atoms with Crippen LogP contribution in [-0.2, 0) is 0 Å². The summed E-state index contributed by atoms with van der Waals surface area (Å²) in [6.45, 7) is 3.15. The number of rotatable bonds is 3. The van der Waals surface area contributed by atoms with Crippen LogP contribution >= 0.6 is 0 Å². The van der Waals surface area contributed by atoms with Crippen LogP contribution in [0.2, 0.25) is 0 Å². The maximum Gasteiger partial charge on any atom is 0.137 e. The Kier molecular flexibility index (Phi) is 3.10. The summed E-state index contributed by atoms with van der Waals surface area (Å²) in [6, 6.07) is 0.493. The number of likely N-dealkylation sites (tertiary alicyclic amines) is 1. The molecule has 0 spiro atoms. The largest absolute Gasteiger partial charge is 0.395 e. The number of aromatic nitrogens is 3. The summed E-state index contributed by atoms with van der Waals surface area (Å²) in [7, 11) is 0. The fourth-order valence-corrected chi connectivity index (χ4v) is 1.95. The van der Waals surface area contributed by atoms with Crippen LogP contribution in [0.5, 0.6) is 0 Å². The number of hydrogen-bond acceptors (Lipinski definition) is 4. The lowest BCUT2D eigenvalue weighted by molar-refractivity contribution is 0.145. The molecule has 78 valence electrons. The Labute approximate surface area is 83.4 Å². The van der Waals surface area contributed by atoms with Gasteiger partial charge in [0.1, 0.15) is 12.7 Å². The summed E-state index contributed by atoms with van der Waals surface area (Å²) in [6.07, 6.45) is 5.57. The fourth-order valence-electron chi connectivity index (χ4n) is 1.95. The van der Waals surface area contributed by atoms with Crippen LogP contribution < -0.4 is 0 Å². The average molecular weight is 196 g/mol. The topological polar surface area (TPSA) is 54.2 Å². The first kappa shape index (κ1) is 9.61. The lowest BCUT2D eigenvalue weighted by atomic mass is 10.1. The maximum absolute atomic E-state index is 8.80. The SMILES string of the molecule is OCCN1CCC(n2cncn2)CC1. The number of nitrogens with zero attached hydrogens (tertiary/aromatic N) is 4. The highest BCUT2D eigenvalue weighted by atomic mass is 16.3. The van der Waals surface area contributed by atoms with Gasteiger partial charge in [-0.2, -0.15) is 5.10 Å². The summed E-state index contributed by atoms with van der Waals surface area (Å²) in [5.41, 5.74) is 0. The van der Waals surface area contributed by atoms with Crippen LogP contribution in [-0.4, -0.2) is 51.0 Å². The molecule has 0 radical (unpaired) electrons.